The second-order valence-corrected chi connectivity index (χ2v) is 8.47. The van der Waals surface area contributed by atoms with Crippen LogP contribution in [0.3, 0.4) is 0 Å². The largest absolute Gasteiger partial charge is 0.444 e. The van der Waals surface area contributed by atoms with Crippen LogP contribution in [0.4, 0.5) is 10.5 Å². The Hall–Kier alpha value is -3.41. The van der Waals surface area contributed by atoms with Crippen LogP contribution in [-0.2, 0) is 9.53 Å². The number of allylic oxidation sites excluding steroid dienone is 1. The van der Waals surface area contributed by atoms with Crippen LogP contribution in [0.15, 0.2) is 67.9 Å². The molecular weight excluding hydrogens is 402 g/mol. The summed E-state index contributed by atoms with van der Waals surface area (Å²) in [4.78, 5) is 29.1. The third-order valence-corrected chi connectivity index (χ3v) is 4.56. The molecule has 0 bridgehead atoms. The molecule has 1 aromatic heterocycles. The van der Waals surface area contributed by atoms with E-state index in [2.05, 4.69) is 28.8 Å². The fraction of sp³-hybridized carbons (Fsp3) is 0.346. The fourth-order valence-corrected chi connectivity index (χ4v) is 3.14. The van der Waals surface area contributed by atoms with Gasteiger partial charge in [0.2, 0.25) is 5.91 Å². The van der Waals surface area contributed by atoms with Crippen LogP contribution in [0, 0.1) is 0 Å². The molecule has 2 amide bonds. The van der Waals surface area contributed by atoms with Crippen LogP contribution in [0.1, 0.15) is 58.2 Å². The highest BCUT2D eigenvalue weighted by Crippen LogP contribution is 2.30. The lowest BCUT2D eigenvalue weighted by molar-refractivity contribution is -0.116. The highest BCUT2D eigenvalue weighted by molar-refractivity contribution is 5.95. The van der Waals surface area contributed by atoms with Gasteiger partial charge in [0.1, 0.15) is 5.60 Å². The SMILES string of the molecule is C=CCCCC(=O)Nc1ccccc1-c1ccnc([C@H](CC=C)NC(=O)OC(C)(C)C)c1. The molecule has 0 fully saturated rings. The summed E-state index contributed by atoms with van der Waals surface area (Å²) < 4.78 is 5.39. The summed E-state index contributed by atoms with van der Waals surface area (Å²) in [6, 6.07) is 11.0. The highest BCUT2D eigenvalue weighted by atomic mass is 16.6. The monoisotopic (exact) mass is 435 g/mol. The number of carbonyl (C=O) groups is 2. The smallest absolute Gasteiger partial charge is 0.408 e. The minimum absolute atomic E-state index is 0.0373. The maximum atomic E-state index is 12.3. The molecule has 32 heavy (non-hydrogen) atoms. The molecule has 1 atom stereocenters. The molecule has 6 nitrogen and oxygen atoms in total. The van der Waals surface area contributed by atoms with E-state index in [1.807, 2.05) is 63.2 Å². The quantitative estimate of drug-likeness (QED) is 0.345. The van der Waals surface area contributed by atoms with Gasteiger partial charge in [-0.2, -0.15) is 0 Å². The van der Waals surface area contributed by atoms with E-state index in [1.54, 1.807) is 12.3 Å². The number of hydrogen-bond donors (Lipinski definition) is 2. The van der Waals surface area contributed by atoms with Crippen molar-refractivity contribution >= 4 is 17.7 Å². The zero-order valence-corrected chi connectivity index (χ0v) is 19.2. The van der Waals surface area contributed by atoms with Crippen molar-refractivity contribution in [1.29, 1.82) is 0 Å². The Bertz CT molecular complexity index is 947. The molecule has 0 aliphatic heterocycles. The van der Waals surface area contributed by atoms with Crippen LogP contribution < -0.4 is 10.6 Å². The molecule has 2 aromatic rings. The Morgan fingerprint density at radius 1 is 1.16 bits per heavy atom. The van der Waals surface area contributed by atoms with Gasteiger partial charge in [-0.05, 0) is 63.8 Å². The summed E-state index contributed by atoms with van der Waals surface area (Å²) in [6.07, 6.45) is 7.22. The second kappa shape index (κ2) is 11.8. The number of carbonyl (C=O) groups excluding carboxylic acids is 2. The topological polar surface area (TPSA) is 80.3 Å². The number of anilines is 1. The Kier molecular flexibility index (Phi) is 9.20. The van der Waals surface area contributed by atoms with Crippen molar-refractivity contribution < 1.29 is 14.3 Å². The normalized spacial score (nSPS) is 11.8. The van der Waals surface area contributed by atoms with Gasteiger partial charge in [0.05, 0.1) is 11.7 Å². The van der Waals surface area contributed by atoms with Crippen LogP contribution >= 0.6 is 0 Å². The number of unbranched alkanes of at least 4 members (excludes halogenated alkanes) is 1. The number of ether oxygens (including phenoxy) is 1. The van der Waals surface area contributed by atoms with Crippen molar-refractivity contribution in [3.8, 4) is 11.1 Å². The van der Waals surface area contributed by atoms with Crippen LogP contribution in [0.2, 0.25) is 0 Å². The lowest BCUT2D eigenvalue weighted by Gasteiger charge is -2.23. The van der Waals surface area contributed by atoms with Crippen LogP contribution in [0.5, 0.6) is 0 Å². The van der Waals surface area contributed by atoms with E-state index >= 15 is 0 Å². The molecule has 0 spiro atoms. The number of benzene rings is 1. The summed E-state index contributed by atoms with van der Waals surface area (Å²) in [7, 11) is 0. The average Bonchev–Trinajstić information content (AvgIpc) is 2.73. The van der Waals surface area contributed by atoms with Crippen molar-refractivity contribution in [2.45, 2.75) is 58.1 Å². The number of nitrogens with zero attached hydrogens (tertiary/aromatic N) is 1. The van der Waals surface area contributed by atoms with Gasteiger partial charge in [-0.1, -0.05) is 30.4 Å². The first-order valence-corrected chi connectivity index (χ1v) is 10.8. The van der Waals surface area contributed by atoms with Crippen LogP contribution in [-0.4, -0.2) is 22.6 Å². The van der Waals surface area contributed by atoms with Gasteiger partial charge in [-0.3, -0.25) is 9.78 Å². The number of para-hydroxylation sites is 1. The summed E-state index contributed by atoms with van der Waals surface area (Å²) in [5.41, 5.74) is 2.58. The maximum absolute atomic E-state index is 12.3. The molecule has 0 saturated heterocycles. The minimum atomic E-state index is -0.596. The molecule has 1 heterocycles. The van der Waals surface area contributed by atoms with E-state index in [0.717, 1.165) is 29.7 Å². The van der Waals surface area contributed by atoms with E-state index < -0.39 is 11.7 Å². The van der Waals surface area contributed by atoms with Crippen molar-refractivity contribution in [1.82, 2.24) is 10.3 Å². The molecule has 2 N–H and O–H groups in total. The number of rotatable bonds is 10. The molecule has 6 heteroatoms. The van der Waals surface area contributed by atoms with Gasteiger partial charge in [-0.25, -0.2) is 4.79 Å². The second-order valence-electron chi connectivity index (χ2n) is 8.47. The van der Waals surface area contributed by atoms with Gasteiger partial charge in [-0.15, -0.1) is 13.2 Å². The molecule has 0 unspecified atom stereocenters. The van der Waals surface area contributed by atoms with Gasteiger partial charge in [0, 0.05) is 23.9 Å². The third kappa shape index (κ3) is 8.02. The summed E-state index contributed by atoms with van der Waals surface area (Å²) in [5.74, 6) is -0.0373. The fourth-order valence-electron chi connectivity index (χ4n) is 3.14. The Morgan fingerprint density at radius 3 is 2.59 bits per heavy atom. The summed E-state index contributed by atoms with van der Waals surface area (Å²) in [6.45, 7) is 12.9. The van der Waals surface area contributed by atoms with Gasteiger partial charge >= 0.3 is 6.09 Å². The first kappa shape index (κ1) is 24.9. The average molecular weight is 436 g/mol. The van der Waals surface area contributed by atoms with Gasteiger partial charge in [0.15, 0.2) is 0 Å². The van der Waals surface area contributed by atoms with E-state index in [9.17, 15) is 9.59 Å². The summed E-state index contributed by atoms with van der Waals surface area (Å²) >= 11 is 0. The van der Waals surface area contributed by atoms with Gasteiger partial charge < -0.3 is 15.4 Å². The number of hydrogen-bond acceptors (Lipinski definition) is 4. The molecule has 0 aliphatic rings. The Balaban J connectivity index is 2.26. The summed E-state index contributed by atoms with van der Waals surface area (Å²) in [5, 5.41) is 5.87. The molecule has 0 radical (unpaired) electrons. The highest BCUT2D eigenvalue weighted by Gasteiger charge is 2.21. The Labute approximate surface area is 190 Å². The molecule has 0 saturated carbocycles. The van der Waals surface area contributed by atoms with Gasteiger partial charge in [0.25, 0.3) is 0 Å². The lowest BCUT2D eigenvalue weighted by atomic mass is 10.0. The molecule has 1 aromatic carbocycles. The predicted octanol–water partition coefficient (Wildman–Crippen LogP) is 6.19. The van der Waals surface area contributed by atoms with E-state index in [1.165, 1.54) is 0 Å². The standard InChI is InChI=1S/C26H33N3O3/c1-6-8-9-15-24(30)28-21-14-11-10-13-20(21)19-16-17-27-23(18-19)22(12-7-2)29-25(31)32-26(3,4)5/h6-7,10-11,13-14,16-18,22H,1-2,8-9,12,15H2,3-5H3,(H,28,30)(H,29,31)/t22-/m0/s1. The molecule has 0 aliphatic carbocycles. The van der Waals surface area contributed by atoms with Crippen molar-refractivity contribution in [2.75, 3.05) is 5.32 Å². The minimum Gasteiger partial charge on any atom is -0.444 e. The van der Waals surface area contributed by atoms with Crippen molar-refractivity contribution in [2.24, 2.45) is 0 Å². The number of amides is 2. The third-order valence-electron chi connectivity index (χ3n) is 4.56. The maximum Gasteiger partial charge on any atom is 0.408 e. The van der Waals surface area contributed by atoms with E-state index in [0.29, 0.717) is 18.5 Å². The first-order chi connectivity index (χ1) is 15.2. The zero-order valence-electron chi connectivity index (χ0n) is 19.2. The molecule has 2 rings (SSSR count). The van der Waals surface area contributed by atoms with E-state index in [-0.39, 0.29) is 11.9 Å². The lowest BCUT2D eigenvalue weighted by Crippen LogP contribution is -2.35. The number of aromatic nitrogens is 1. The Morgan fingerprint density at radius 2 is 1.91 bits per heavy atom. The molecular formula is C26H33N3O3. The van der Waals surface area contributed by atoms with E-state index in [4.69, 9.17) is 4.74 Å². The predicted molar refractivity (Wildman–Crippen MR) is 129 cm³/mol. The van der Waals surface area contributed by atoms with Crippen molar-refractivity contribution in [3.63, 3.8) is 0 Å². The number of nitrogens with one attached hydrogen (secondary N) is 2. The first-order valence-electron chi connectivity index (χ1n) is 10.8. The van der Waals surface area contributed by atoms with Crippen LogP contribution in [0.25, 0.3) is 11.1 Å². The molecule has 170 valence electrons. The van der Waals surface area contributed by atoms with Crippen molar-refractivity contribution in [3.05, 3.63) is 73.6 Å². The number of alkyl carbamates (subject to hydrolysis) is 1. The number of pyridine rings is 1. The zero-order chi connectivity index (χ0) is 23.6.